The monoisotopic (exact) mass is 336 g/mol. The summed E-state index contributed by atoms with van der Waals surface area (Å²) in [6, 6.07) is 17.9. The van der Waals surface area contributed by atoms with Crippen molar-refractivity contribution >= 4 is 17.2 Å². The zero-order chi connectivity index (χ0) is 16.9. The van der Waals surface area contributed by atoms with E-state index >= 15 is 0 Å². The Labute approximate surface area is 145 Å². The van der Waals surface area contributed by atoms with E-state index in [1.807, 2.05) is 53.2 Å². The van der Waals surface area contributed by atoms with Crippen LogP contribution in [0.3, 0.4) is 0 Å². The predicted molar refractivity (Wildman–Crippen MR) is 98.3 cm³/mol. The van der Waals surface area contributed by atoms with Gasteiger partial charge in [0.25, 0.3) is 5.91 Å². The highest BCUT2D eigenvalue weighted by Gasteiger charge is 2.10. The van der Waals surface area contributed by atoms with Gasteiger partial charge in [-0.2, -0.15) is 4.99 Å². The van der Waals surface area contributed by atoms with Crippen molar-refractivity contribution in [2.45, 2.75) is 26.8 Å². The fraction of sp³-hybridized carbons (Fsp3) is 0.200. The van der Waals surface area contributed by atoms with Gasteiger partial charge in [0, 0.05) is 17.6 Å². The molecule has 0 saturated carbocycles. The first kappa shape index (κ1) is 16.4. The Morgan fingerprint density at radius 2 is 1.88 bits per heavy atom. The van der Waals surface area contributed by atoms with Crippen molar-refractivity contribution in [1.82, 2.24) is 4.57 Å². The normalized spacial score (nSPS) is 11.7. The summed E-state index contributed by atoms with van der Waals surface area (Å²) in [6.07, 6.45) is 2.89. The molecule has 0 unspecified atom stereocenters. The topological polar surface area (TPSA) is 34.4 Å². The summed E-state index contributed by atoms with van der Waals surface area (Å²) in [4.78, 5) is 18.8. The van der Waals surface area contributed by atoms with E-state index in [4.69, 9.17) is 0 Å². The van der Waals surface area contributed by atoms with E-state index in [1.54, 1.807) is 0 Å². The van der Waals surface area contributed by atoms with Crippen LogP contribution in [0.2, 0.25) is 0 Å². The third kappa shape index (κ3) is 3.71. The van der Waals surface area contributed by atoms with Crippen molar-refractivity contribution in [3.8, 4) is 0 Å². The molecule has 4 heteroatoms. The third-order valence-electron chi connectivity index (χ3n) is 3.94. The van der Waals surface area contributed by atoms with Crippen LogP contribution in [0.15, 0.2) is 65.8 Å². The molecule has 0 aliphatic heterocycles. The Hall–Kier alpha value is -2.46. The van der Waals surface area contributed by atoms with Gasteiger partial charge in [0.15, 0.2) is 0 Å². The molecule has 2 heterocycles. The molecule has 122 valence electrons. The number of hydrogen-bond donors (Lipinski definition) is 0. The summed E-state index contributed by atoms with van der Waals surface area (Å²) in [6.45, 7) is 4.85. The van der Waals surface area contributed by atoms with Gasteiger partial charge >= 0.3 is 0 Å². The second-order valence-corrected chi connectivity index (χ2v) is 6.89. The van der Waals surface area contributed by atoms with Gasteiger partial charge in [-0.25, -0.2) is 0 Å². The maximum atomic E-state index is 12.5. The molecule has 0 bridgehead atoms. The van der Waals surface area contributed by atoms with E-state index < -0.39 is 0 Å². The van der Waals surface area contributed by atoms with E-state index in [9.17, 15) is 4.79 Å². The third-order valence-corrected chi connectivity index (χ3v) is 5.02. The minimum Gasteiger partial charge on any atom is -0.328 e. The highest BCUT2D eigenvalue weighted by molar-refractivity contribution is 7.14. The summed E-state index contributed by atoms with van der Waals surface area (Å²) < 4.78 is 1.99. The number of nitrogens with zero attached hydrogens (tertiary/aromatic N) is 2. The SMILES string of the molecule is CCc1cc(C(=O)N=c2ccccn2Cc2ccccc2)sc1C. The Balaban J connectivity index is 1.93. The molecule has 0 aliphatic rings. The molecule has 0 atom stereocenters. The number of pyridine rings is 1. The second-order valence-electron chi connectivity index (χ2n) is 5.63. The van der Waals surface area contributed by atoms with Gasteiger partial charge in [0.05, 0.1) is 4.88 Å². The number of rotatable bonds is 4. The van der Waals surface area contributed by atoms with Crippen LogP contribution in [-0.4, -0.2) is 10.5 Å². The summed E-state index contributed by atoms with van der Waals surface area (Å²) in [5.74, 6) is -0.171. The number of carbonyl (C=O) groups is 1. The van der Waals surface area contributed by atoms with Crippen LogP contribution in [0.4, 0.5) is 0 Å². The summed E-state index contributed by atoms with van der Waals surface area (Å²) >= 11 is 1.52. The first-order valence-corrected chi connectivity index (χ1v) is 8.87. The lowest BCUT2D eigenvalue weighted by Gasteiger charge is -2.07. The average molecular weight is 336 g/mol. The minimum absolute atomic E-state index is 0.171. The summed E-state index contributed by atoms with van der Waals surface area (Å²) in [7, 11) is 0. The van der Waals surface area contributed by atoms with Gasteiger partial charge in [-0.05, 0) is 42.7 Å². The molecular weight excluding hydrogens is 316 g/mol. The fourth-order valence-corrected chi connectivity index (χ4v) is 3.62. The Bertz CT molecular complexity index is 907. The molecule has 24 heavy (non-hydrogen) atoms. The van der Waals surface area contributed by atoms with Crippen LogP contribution < -0.4 is 5.49 Å². The van der Waals surface area contributed by atoms with Crippen molar-refractivity contribution in [2.24, 2.45) is 4.99 Å². The van der Waals surface area contributed by atoms with Gasteiger partial charge in [-0.1, -0.05) is 43.3 Å². The van der Waals surface area contributed by atoms with Gasteiger partial charge in [-0.15, -0.1) is 11.3 Å². The van der Waals surface area contributed by atoms with Crippen molar-refractivity contribution in [3.05, 3.63) is 87.2 Å². The van der Waals surface area contributed by atoms with E-state index in [0.717, 1.165) is 6.42 Å². The zero-order valence-corrected chi connectivity index (χ0v) is 14.7. The quantitative estimate of drug-likeness (QED) is 0.703. The molecule has 1 amide bonds. The largest absolute Gasteiger partial charge is 0.328 e. The van der Waals surface area contributed by atoms with Crippen LogP contribution in [0, 0.1) is 6.92 Å². The maximum Gasteiger partial charge on any atom is 0.289 e. The second kappa shape index (κ2) is 7.41. The minimum atomic E-state index is -0.171. The van der Waals surface area contributed by atoms with Crippen molar-refractivity contribution in [3.63, 3.8) is 0 Å². The van der Waals surface area contributed by atoms with Gasteiger partial charge in [0.1, 0.15) is 5.49 Å². The zero-order valence-electron chi connectivity index (χ0n) is 13.9. The molecule has 0 spiro atoms. The first-order chi connectivity index (χ1) is 11.7. The van der Waals surface area contributed by atoms with Crippen LogP contribution in [0.1, 0.15) is 32.6 Å². The van der Waals surface area contributed by atoms with Crippen molar-refractivity contribution in [2.75, 3.05) is 0 Å². The number of hydrogen-bond acceptors (Lipinski definition) is 2. The highest BCUT2D eigenvalue weighted by atomic mass is 32.1. The smallest absolute Gasteiger partial charge is 0.289 e. The van der Waals surface area contributed by atoms with Crippen molar-refractivity contribution < 1.29 is 4.79 Å². The molecule has 0 aliphatic carbocycles. The summed E-state index contributed by atoms with van der Waals surface area (Å²) in [5.41, 5.74) is 3.08. The molecule has 0 saturated heterocycles. The fourth-order valence-electron chi connectivity index (χ4n) is 2.62. The molecule has 3 aromatic rings. The molecule has 0 N–H and O–H groups in total. The number of carbonyl (C=O) groups excluding carboxylic acids is 1. The number of aromatic nitrogens is 1. The Kier molecular flexibility index (Phi) is 5.06. The van der Waals surface area contributed by atoms with E-state index in [-0.39, 0.29) is 5.91 Å². The number of benzene rings is 1. The van der Waals surface area contributed by atoms with E-state index in [2.05, 4.69) is 31.0 Å². The summed E-state index contributed by atoms with van der Waals surface area (Å²) in [5, 5.41) is 0. The molecular formula is C20H20N2OS. The molecule has 1 aromatic carbocycles. The van der Waals surface area contributed by atoms with Crippen LogP contribution in [0.5, 0.6) is 0 Å². The van der Waals surface area contributed by atoms with Crippen molar-refractivity contribution in [1.29, 1.82) is 0 Å². The van der Waals surface area contributed by atoms with Crippen LogP contribution in [0.25, 0.3) is 0 Å². The standard InChI is InChI=1S/C20H20N2OS/c1-3-17-13-18(24-15(17)2)20(23)21-19-11-7-8-12-22(19)14-16-9-5-4-6-10-16/h4-13H,3,14H2,1-2H3. The molecule has 3 rings (SSSR count). The lowest BCUT2D eigenvalue weighted by Crippen LogP contribution is -2.21. The van der Waals surface area contributed by atoms with Crippen LogP contribution >= 0.6 is 11.3 Å². The number of thiophene rings is 1. The van der Waals surface area contributed by atoms with E-state index in [1.165, 1.54) is 27.3 Å². The van der Waals surface area contributed by atoms with Gasteiger partial charge in [-0.3, -0.25) is 4.79 Å². The molecule has 0 radical (unpaired) electrons. The first-order valence-electron chi connectivity index (χ1n) is 8.05. The van der Waals surface area contributed by atoms with Gasteiger partial charge < -0.3 is 4.57 Å². The Morgan fingerprint density at radius 3 is 2.58 bits per heavy atom. The van der Waals surface area contributed by atoms with Gasteiger partial charge in [0.2, 0.25) is 0 Å². The van der Waals surface area contributed by atoms with E-state index in [0.29, 0.717) is 16.9 Å². The lowest BCUT2D eigenvalue weighted by molar-refractivity contribution is 0.100. The average Bonchev–Trinajstić information content (AvgIpc) is 2.98. The maximum absolute atomic E-state index is 12.5. The highest BCUT2D eigenvalue weighted by Crippen LogP contribution is 2.22. The predicted octanol–water partition coefficient (Wildman–Crippen LogP) is 4.21. The number of amides is 1. The molecule has 2 aromatic heterocycles. The lowest BCUT2D eigenvalue weighted by atomic mass is 10.2. The molecule has 0 fully saturated rings. The molecule has 3 nitrogen and oxygen atoms in total. The Morgan fingerprint density at radius 1 is 1.12 bits per heavy atom. The van der Waals surface area contributed by atoms with Crippen LogP contribution in [-0.2, 0) is 13.0 Å². The number of aryl methyl sites for hydroxylation is 2.